The molecule has 0 aromatic heterocycles. The molecule has 0 heterocycles. The second-order valence-electron chi connectivity index (χ2n) is 7.80. The number of allylic oxidation sites excluding steroid dienone is 4. The van der Waals surface area contributed by atoms with Crippen LogP contribution in [0, 0.1) is 17.3 Å². The van der Waals surface area contributed by atoms with Gasteiger partial charge < -0.3 is 5.11 Å². The van der Waals surface area contributed by atoms with Gasteiger partial charge in [-0.1, -0.05) is 43.2 Å². The third kappa shape index (κ3) is 3.98. The van der Waals surface area contributed by atoms with Gasteiger partial charge >= 0.3 is 0 Å². The van der Waals surface area contributed by atoms with E-state index in [9.17, 15) is 9.90 Å². The third-order valence-electron chi connectivity index (χ3n) is 5.50. The molecule has 0 saturated heterocycles. The maximum Gasteiger partial charge on any atom is 0.162 e. The van der Waals surface area contributed by atoms with Crippen LogP contribution in [-0.2, 0) is 4.79 Å². The maximum absolute atomic E-state index is 12.3. The zero-order chi connectivity index (χ0) is 16.5. The van der Waals surface area contributed by atoms with Crippen LogP contribution in [0.3, 0.4) is 0 Å². The summed E-state index contributed by atoms with van der Waals surface area (Å²) < 4.78 is 0. The number of aliphatic hydroxyl groups excluding tert-OH is 1. The molecule has 0 bridgehead atoms. The van der Waals surface area contributed by atoms with Crippen LogP contribution in [-0.4, -0.2) is 17.0 Å². The van der Waals surface area contributed by atoms with E-state index in [-0.39, 0.29) is 5.78 Å². The lowest BCUT2D eigenvalue weighted by Gasteiger charge is -2.10. The minimum Gasteiger partial charge on any atom is -0.389 e. The minimum absolute atomic E-state index is 0.207. The van der Waals surface area contributed by atoms with Crippen molar-refractivity contribution >= 4 is 5.78 Å². The van der Waals surface area contributed by atoms with Gasteiger partial charge in [-0.3, -0.25) is 4.79 Å². The van der Waals surface area contributed by atoms with Crippen LogP contribution in [0.1, 0.15) is 60.3 Å². The van der Waals surface area contributed by atoms with Gasteiger partial charge in [0, 0.05) is 6.42 Å². The van der Waals surface area contributed by atoms with Gasteiger partial charge in [0.25, 0.3) is 0 Å². The third-order valence-corrected chi connectivity index (χ3v) is 5.50. The largest absolute Gasteiger partial charge is 0.389 e. The molecular weight excluding hydrogens is 272 g/mol. The number of hydrogen-bond donors (Lipinski definition) is 1. The first-order valence-electron chi connectivity index (χ1n) is 8.44. The van der Waals surface area contributed by atoms with Crippen molar-refractivity contribution in [1.29, 1.82) is 0 Å². The summed E-state index contributed by atoms with van der Waals surface area (Å²) in [7, 11) is 0. The molecule has 0 radical (unpaired) electrons. The highest BCUT2D eigenvalue weighted by Gasteiger charge is 2.55. The molecule has 122 valence electrons. The molecule has 0 spiro atoms. The van der Waals surface area contributed by atoms with Gasteiger partial charge in [-0.05, 0) is 62.9 Å². The molecule has 2 aliphatic carbocycles. The van der Waals surface area contributed by atoms with E-state index >= 15 is 0 Å². The number of hydrogen-bond acceptors (Lipinski definition) is 2. The molecule has 0 aromatic rings. The smallest absolute Gasteiger partial charge is 0.162 e. The number of ketones is 1. The molecule has 0 amide bonds. The van der Waals surface area contributed by atoms with Crippen molar-refractivity contribution in [2.24, 2.45) is 17.3 Å². The maximum atomic E-state index is 12.3. The van der Waals surface area contributed by atoms with E-state index in [1.165, 1.54) is 5.57 Å². The Morgan fingerprint density at radius 1 is 1.14 bits per heavy atom. The second kappa shape index (κ2) is 6.54. The van der Waals surface area contributed by atoms with Gasteiger partial charge in [0.2, 0.25) is 0 Å². The molecule has 22 heavy (non-hydrogen) atoms. The van der Waals surface area contributed by atoms with E-state index < -0.39 is 6.10 Å². The standard InChI is InChI=1S/C20H30O2/c1-13-6-8-17-18(20(17,4)5)12-15(3)19(22)9-7-14(2)11-16(21)10-13/h7,10,12,16-18,21H,6,8-9,11H2,1-5H3/b13-10+,14-7+,15-12+/t16-,17-,18+/m1/s1. The van der Waals surface area contributed by atoms with Gasteiger partial charge in [0.15, 0.2) is 5.78 Å². The first-order valence-corrected chi connectivity index (χ1v) is 8.44. The quantitative estimate of drug-likeness (QED) is 0.664. The van der Waals surface area contributed by atoms with Crippen molar-refractivity contribution in [3.63, 3.8) is 0 Å². The normalized spacial score (nSPS) is 40.2. The van der Waals surface area contributed by atoms with Crippen LogP contribution >= 0.6 is 0 Å². The fourth-order valence-corrected chi connectivity index (χ4v) is 3.73. The summed E-state index contributed by atoms with van der Waals surface area (Å²) in [6.45, 7) is 10.6. The topological polar surface area (TPSA) is 37.3 Å². The van der Waals surface area contributed by atoms with Gasteiger partial charge in [0.05, 0.1) is 6.10 Å². The van der Waals surface area contributed by atoms with E-state index in [0.717, 1.165) is 24.0 Å². The van der Waals surface area contributed by atoms with Gasteiger partial charge in [-0.15, -0.1) is 0 Å². The van der Waals surface area contributed by atoms with Crippen molar-refractivity contribution in [2.45, 2.75) is 66.4 Å². The highest BCUT2D eigenvalue weighted by molar-refractivity contribution is 5.95. The van der Waals surface area contributed by atoms with Crippen molar-refractivity contribution in [3.8, 4) is 0 Å². The number of rotatable bonds is 0. The van der Waals surface area contributed by atoms with E-state index in [2.05, 4.69) is 26.8 Å². The molecule has 1 N–H and O–H groups in total. The average Bonchev–Trinajstić information content (AvgIpc) is 2.92. The Morgan fingerprint density at radius 2 is 1.82 bits per heavy atom. The van der Waals surface area contributed by atoms with Crippen LogP contribution in [0.15, 0.2) is 34.9 Å². The molecule has 0 aromatic carbocycles. The summed E-state index contributed by atoms with van der Waals surface area (Å²) in [6.07, 6.45) is 8.95. The van der Waals surface area contributed by atoms with E-state index in [1.54, 1.807) is 0 Å². The molecule has 2 nitrogen and oxygen atoms in total. The molecule has 2 heteroatoms. The van der Waals surface area contributed by atoms with Gasteiger partial charge in [-0.2, -0.15) is 0 Å². The molecule has 2 rings (SSSR count). The molecular formula is C20H30O2. The second-order valence-corrected chi connectivity index (χ2v) is 7.80. The van der Waals surface area contributed by atoms with Crippen molar-refractivity contribution < 1.29 is 9.90 Å². The van der Waals surface area contributed by atoms with Crippen LogP contribution in [0.5, 0.6) is 0 Å². The SMILES string of the molecule is C/C1=C\[C@@H](O)C/C(C)=C/CC(=O)/C(C)=C/[C@H]2[C@@H](CC1)C2(C)C. The monoisotopic (exact) mass is 302 g/mol. The molecule has 0 aliphatic heterocycles. The van der Waals surface area contributed by atoms with Crippen LogP contribution in [0.2, 0.25) is 0 Å². The molecule has 2 aliphatic rings. The van der Waals surface area contributed by atoms with E-state index in [1.807, 2.05) is 26.0 Å². The average molecular weight is 302 g/mol. The Balaban J connectivity index is 2.23. The summed E-state index contributed by atoms with van der Waals surface area (Å²) in [6, 6.07) is 0. The lowest BCUT2D eigenvalue weighted by Crippen LogP contribution is -2.05. The van der Waals surface area contributed by atoms with Crippen LogP contribution < -0.4 is 0 Å². The number of carbonyl (C=O) groups excluding carboxylic acids is 1. The highest BCUT2D eigenvalue weighted by atomic mass is 16.3. The fourth-order valence-electron chi connectivity index (χ4n) is 3.73. The fraction of sp³-hybridized carbons (Fsp3) is 0.650. The Bertz CT molecular complexity index is 534. The molecule has 0 unspecified atom stereocenters. The Labute approximate surface area is 135 Å². The number of aliphatic hydroxyl groups is 1. The number of fused-ring (bicyclic) bond motifs is 1. The van der Waals surface area contributed by atoms with E-state index in [4.69, 9.17) is 0 Å². The Kier molecular flexibility index (Phi) is 5.11. The minimum atomic E-state index is -0.436. The molecule has 3 atom stereocenters. The van der Waals surface area contributed by atoms with Gasteiger partial charge in [-0.25, -0.2) is 0 Å². The Hall–Kier alpha value is -1.15. The van der Waals surface area contributed by atoms with Crippen molar-refractivity contribution in [1.82, 2.24) is 0 Å². The molecule has 1 fully saturated rings. The zero-order valence-electron chi connectivity index (χ0n) is 14.6. The van der Waals surface area contributed by atoms with Crippen molar-refractivity contribution in [2.75, 3.05) is 0 Å². The van der Waals surface area contributed by atoms with Crippen LogP contribution in [0.25, 0.3) is 0 Å². The van der Waals surface area contributed by atoms with Crippen LogP contribution in [0.4, 0.5) is 0 Å². The lowest BCUT2D eigenvalue weighted by atomic mass is 10.00. The summed E-state index contributed by atoms with van der Waals surface area (Å²) in [5.41, 5.74) is 3.55. The predicted octanol–water partition coefficient (Wildman–Crippen LogP) is 4.60. The van der Waals surface area contributed by atoms with E-state index in [0.29, 0.717) is 30.1 Å². The molecule has 1 saturated carbocycles. The van der Waals surface area contributed by atoms with Gasteiger partial charge in [0.1, 0.15) is 0 Å². The summed E-state index contributed by atoms with van der Waals surface area (Å²) >= 11 is 0. The summed E-state index contributed by atoms with van der Waals surface area (Å²) in [5, 5.41) is 10.1. The highest BCUT2D eigenvalue weighted by Crippen LogP contribution is 2.61. The summed E-state index contributed by atoms with van der Waals surface area (Å²) in [4.78, 5) is 12.3. The predicted molar refractivity (Wildman–Crippen MR) is 91.5 cm³/mol. The first-order chi connectivity index (χ1) is 10.2. The van der Waals surface area contributed by atoms with Crippen molar-refractivity contribution in [3.05, 3.63) is 34.9 Å². The zero-order valence-corrected chi connectivity index (χ0v) is 14.6. The number of Topliss-reactive ketones (excluding diaryl/α,β-unsaturated/α-hetero) is 1. The first kappa shape index (κ1) is 17.2. The lowest BCUT2D eigenvalue weighted by molar-refractivity contribution is -0.114. The number of carbonyl (C=O) groups is 1. The Morgan fingerprint density at radius 3 is 2.50 bits per heavy atom. The summed E-state index contributed by atoms with van der Waals surface area (Å²) in [5.74, 6) is 1.37.